The van der Waals surface area contributed by atoms with E-state index in [1.54, 1.807) is 0 Å². The fourth-order valence-corrected chi connectivity index (χ4v) is 9.65. The molecule has 12 atom stereocenters. The maximum atomic E-state index is 14.4. The number of aliphatic hydroxyl groups is 1. The van der Waals surface area contributed by atoms with E-state index in [2.05, 4.69) is 9.97 Å². The molecule has 0 aromatic carbocycles. The van der Waals surface area contributed by atoms with Crippen LogP contribution >= 0.6 is 0 Å². The number of esters is 8. The second-order valence-corrected chi connectivity index (χ2v) is 16.3. The molecule has 334 valence electrons. The van der Waals surface area contributed by atoms with E-state index in [1.165, 1.54) is 56.7 Å². The molecule has 1 spiro atoms. The van der Waals surface area contributed by atoms with Crippen LogP contribution in [0.5, 0.6) is 0 Å². The Kier molecular flexibility index (Phi) is 12.5. The summed E-state index contributed by atoms with van der Waals surface area (Å²) in [6, 6.07) is 5.51. The minimum absolute atomic E-state index is 0.0180. The summed E-state index contributed by atoms with van der Waals surface area (Å²) in [6.07, 6.45) is -8.18. The summed E-state index contributed by atoms with van der Waals surface area (Å²) in [5.41, 5.74) is -10.2. The van der Waals surface area contributed by atoms with Gasteiger partial charge in [0.25, 0.3) is 0 Å². The molecule has 1 N–H and O–H groups in total. The number of pyridine rings is 2. The van der Waals surface area contributed by atoms with Gasteiger partial charge in [0.1, 0.15) is 42.0 Å². The van der Waals surface area contributed by atoms with E-state index in [-0.39, 0.29) is 29.7 Å². The zero-order valence-corrected chi connectivity index (χ0v) is 35.3. The van der Waals surface area contributed by atoms with Crippen molar-refractivity contribution in [3.63, 3.8) is 0 Å². The fourth-order valence-electron chi connectivity index (χ4n) is 9.65. The van der Waals surface area contributed by atoms with Crippen molar-refractivity contribution in [1.29, 1.82) is 0 Å². The van der Waals surface area contributed by atoms with Gasteiger partial charge in [-0.25, -0.2) is 9.59 Å². The van der Waals surface area contributed by atoms with Gasteiger partial charge >= 0.3 is 47.8 Å². The Balaban J connectivity index is 1.77. The predicted octanol–water partition coefficient (Wildman–Crippen LogP) is 1.55. The first-order valence-corrected chi connectivity index (χ1v) is 19.8. The summed E-state index contributed by atoms with van der Waals surface area (Å²) >= 11 is 0. The molecule has 0 amide bonds. The summed E-state index contributed by atoms with van der Waals surface area (Å²) in [4.78, 5) is 117. The number of nitrogens with zero attached hydrogens (tertiary/aromatic N) is 2. The Hall–Kier alpha value is -6.02. The molecule has 2 aromatic heterocycles. The standard InChI is InChI=1S/C42H48N2O18/c1-20-11-12-28-27(10-9-15-44-28)38(52)55-18-39(7)29-30(56-22(3)46)34(58-24(5)48)41(19-54-21(2)45)35(59-25(6)49)31(60-37(51)26-13-16-43-17-14-26)33(61-36(20)50)40(8,53)42(41,62-39)32(29)57-23(4)47/h9-10,13-17,20,29-35,53H,11-12,18-19H2,1-8H3. The zero-order valence-electron chi connectivity index (χ0n) is 35.3. The van der Waals surface area contributed by atoms with E-state index >= 15 is 0 Å². The molecule has 6 rings (SSSR count). The molecule has 4 heterocycles. The first-order chi connectivity index (χ1) is 29.1. The molecule has 62 heavy (non-hydrogen) atoms. The van der Waals surface area contributed by atoms with Crippen LogP contribution in [0.1, 0.15) is 88.2 Å². The predicted molar refractivity (Wildman–Crippen MR) is 203 cm³/mol. The summed E-state index contributed by atoms with van der Waals surface area (Å²) in [7, 11) is 0. The van der Waals surface area contributed by atoms with Crippen molar-refractivity contribution in [3.8, 4) is 0 Å². The summed E-state index contributed by atoms with van der Waals surface area (Å²) in [6.45, 7) is 7.10. The fraction of sp³-hybridized carbons (Fsp3) is 0.571. The van der Waals surface area contributed by atoms with E-state index in [1.807, 2.05) is 0 Å². The number of fused-ring (bicyclic) bond motifs is 5. The number of rotatable bonds is 8. The molecule has 20 heteroatoms. The largest absolute Gasteiger partial charge is 0.465 e. The first kappa shape index (κ1) is 45.5. The van der Waals surface area contributed by atoms with Crippen LogP contribution in [-0.2, 0) is 77.8 Å². The number of hydrogen-bond acceptors (Lipinski definition) is 20. The number of aryl methyl sites for hydroxylation is 1. The lowest BCUT2D eigenvalue weighted by Gasteiger charge is -2.67. The van der Waals surface area contributed by atoms with Crippen molar-refractivity contribution in [3.05, 3.63) is 59.7 Å². The van der Waals surface area contributed by atoms with Gasteiger partial charge in [0.2, 0.25) is 0 Å². The molecule has 0 radical (unpaired) electrons. The molecular formula is C42H48N2O18. The van der Waals surface area contributed by atoms with Crippen LogP contribution in [0.25, 0.3) is 0 Å². The maximum Gasteiger partial charge on any atom is 0.340 e. The van der Waals surface area contributed by atoms with Gasteiger partial charge in [0.05, 0.1) is 28.7 Å². The van der Waals surface area contributed by atoms with Gasteiger partial charge in [-0.2, -0.15) is 0 Å². The van der Waals surface area contributed by atoms with Crippen molar-refractivity contribution in [2.75, 3.05) is 13.2 Å². The molecule has 2 saturated carbocycles. The van der Waals surface area contributed by atoms with Crippen LogP contribution in [0.3, 0.4) is 0 Å². The molecule has 12 unspecified atom stereocenters. The van der Waals surface area contributed by atoms with Crippen molar-refractivity contribution >= 4 is 47.8 Å². The van der Waals surface area contributed by atoms with Gasteiger partial charge in [0, 0.05) is 53.2 Å². The highest BCUT2D eigenvalue weighted by Crippen LogP contribution is 2.70. The van der Waals surface area contributed by atoms with Gasteiger partial charge in [-0.3, -0.25) is 38.7 Å². The topological polar surface area (TPSA) is 266 Å². The summed E-state index contributed by atoms with van der Waals surface area (Å²) in [5, 5.41) is 13.6. The normalized spacial score (nSPS) is 35.0. The van der Waals surface area contributed by atoms with Crippen LogP contribution in [-0.4, -0.2) is 129 Å². The van der Waals surface area contributed by atoms with Crippen LogP contribution in [0, 0.1) is 17.3 Å². The number of cyclic esters (lactones) is 1. The average Bonchev–Trinajstić information content (AvgIpc) is 3.41. The Bertz CT molecular complexity index is 2140. The average molecular weight is 869 g/mol. The Labute approximate surface area is 355 Å². The van der Waals surface area contributed by atoms with E-state index in [0.717, 1.165) is 41.5 Å². The van der Waals surface area contributed by atoms with E-state index in [9.17, 15) is 43.5 Å². The first-order valence-electron chi connectivity index (χ1n) is 19.8. The molecule has 3 fully saturated rings. The number of hydrogen-bond donors (Lipinski definition) is 1. The number of ether oxygens (including phenoxy) is 9. The van der Waals surface area contributed by atoms with Crippen molar-refractivity contribution in [2.45, 2.75) is 122 Å². The van der Waals surface area contributed by atoms with E-state index in [0.29, 0.717) is 0 Å². The van der Waals surface area contributed by atoms with Crippen LogP contribution in [0.15, 0.2) is 42.9 Å². The SMILES string of the molecule is CC(=O)OCC12C(OC(C)=O)C(OC(C)=O)C3C(OC(C)=O)C14OC3(C)COC(=O)c1cccnc1CCC(C)C(=O)OC(C(OC(=O)c1ccncc1)C2OC(C)=O)C4(C)O. The summed E-state index contributed by atoms with van der Waals surface area (Å²) in [5.74, 6) is -10.8. The number of carbonyl (C=O) groups excluding carboxylic acids is 8. The van der Waals surface area contributed by atoms with Crippen LogP contribution in [0.2, 0.25) is 0 Å². The molecular weight excluding hydrogens is 820 g/mol. The molecule has 2 aromatic rings. The Morgan fingerprint density at radius 3 is 1.98 bits per heavy atom. The van der Waals surface area contributed by atoms with E-state index < -0.39 is 132 Å². The van der Waals surface area contributed by atoms with Gasteiger partial charge in [-0.05, 0) is 51.0 Å². The van der Waals surface area contributed by atoms with Crippen molar-refractivity contribution < 1.29 is 86.1 Å². The summed E-state index contributed by atoms with van der Waals surface area (Å²) < 4.78 is 55.2. The van der Waals surface area contributed by atoms with Gasteiger partial charge < -0.3 is 47.7 Å². The third kappa shape index (κ3) is 7.73. The van der Waals surface area contributed by atoms with Crippen LogP contribution < -0.4 is 0 Å². The van der Waals surface area contributed by atoms with Crippen molar-refractivity contribution in [1.82, 2.24) is 9.97 Å². The lowest BCUT2D eigenvalue weighted by atomic mass is 9.45. The van der Waals surface area contributed by atoms with Crippen molar-refractivity contribution in [2.24, 2.45) is 17.3 Å². The smallest absolute Gasteiger partial charge is 0.340 e. The second-order valence-electron chi connectivity index (χ2n) is 16.3. The minimum atomic E-state index is -2.87. The maximum absolute atomic E-state index is 14.4. The highest BCUT2D eigenvalue weighted by atomic mass is 16.7. The zero-order chi connectivity index (χ0) is 45.5. The molecule has 2 aliphatic heterocycles. The van der Waals surface area contributed by atoms with Gasteiger partial charge in [-0.1, -0.05) is 6.92 Å². The second kappa shape index (κ2) is 17.0. The highest BCUT2D eigenvalue weighted by molar-refractivity contribution is 5.91. The molecule has 20 nitrogen and oxygen atoms in total. The minimum Gasteiger partial charge on any atom is -0.465 e. The third-order valence-electron chi connectivity index (χ3n) is 12.0. The monoisotopic (exact) mass is 868 g/mol. The van der Waals surface area contributed by atoms with E-state index in [4.69, 9.17) is 42.6 Å². The molecule has 4 aliphatic rings. The highest BCUT2D eigenvalue weighted by Gasteiger charge is 2.92. The van der Waals surface area contributed by atoms with Gasteiger partial charge in [-0.15, -0.1) is 0 Å². The lowest BCUT2D eigenvalue weighted by molar-refractivity contribution is -0.386. The van der Waals surface area contributed by atoms with Gasteiger partial charge in [0.15, 0.2) is 30.0 Å². The number of aromatic nitrogens is 2. The Morgan fingerprint density at radius 2 is 1.39 bits per heavy atom. The van der Waals surface area contributed by atoms with Crippen LogP contribution in [0.4, 0.5) is 0 Å². The molecule has 1 saturated heterocycles. The molecule has 2 aliphatic carbocycles. The Morgan fingerprint density at radius 1 is 0.790 bits per heavy atom. The molecule has 4 bridgehead atoms. The quantitative estimate of drug-likeness (QED) is 0.291. The third-order valence-corrected chi connectivity index (χ3v) is 12.0. The number of carbonyl (C=O) groups is 8. The lowest BCUT2D eigenvalue weighted by Crippen LogP contribution is -2.89.